The second-order valence-corrected chi connectivity index (χ2v) is 8.02. The Morgan fingerprint density at radius 1 is 1.28 bits per heavy atom. The van der Waals surface area contributed by atoms with Crippen LogP contribution in [-0.2, 0) is 28.6 Å². The molecule has 1 unspecified atom stereocenters. The van der Waals surface area contributed by atoms with E-state index in [4.69, 9.17) is 14.2 Å². The first-order chi connectivity index (χ1) is 11.8. The fraction of sp³-hybridized carbons (Fsp3) is 0.737. The molecule has 0 spiro atoms. The van der Waals surface area contributed by atoms with Crippen LogP contribution in [0.4, 0.5) is 0 Å². The quantitative estimate of drug-likeness (QED) is 0.572. The molecule has 138 valence electrons. The third-order valence-corrected chi connectivity index (χ3v) is 6.24. The fourth-order valence-corrected chi connectivity index (χ4v) is 5.04. The Morgan fingerprint density at radius 3 is 2.60 bits per heavy atom. The second kappa shape index (κ2) is 6.46. The van der Waals surface area contributed by atoms with E-state index in [1.165, 1.54) is 13.8 Å². The number of hydrogen-bond acceptors (Lipinski definition) is 6. The molecular weight excluding hydrogens is 324 g/mol. The maximum absolute atomic E-state index is 11.8. The van der Waals surface area contributed by atoms with Crippen molar-refractivity contribution < 1.29 is 28.6 Å². The number of aldehydes is 1. The number of carbonyl (C=O) groups excluding carboxylic acids is 3. The van der Waals surface area contributed by atoms with Crippen LogP contribution in [0.15, 0.2) is 11.8 Å². The summed E-state index contributed by atoms with van der Waals surface area (Å²) in [5.41, 5.74) is 1.03. The van der Waals surface area contributed by atoms with Crippen molar-refractivity contribution in [3.05, 3.63) is 11.8 Å². The van der Waals surface area contributed by atoms with Crippen molar-refractivity contribution in [3.63, 3.8) is 0 Å². The van der Waals surface area contributed by atoms with Gasteiger partial charge in [-0.15, -0.1) is 0 Å². The molecule has 0 aromatic heterocycles. The van der Waals surface area contributed by atoms with E-state index in [0.29, 0.717) is 11.8 Å². The van der Waals surface area contributed by atoms with Crippen molar-refractivity contribution >= 4 is 18.2 Å². The van der Waals surface area contributed by atoms with E-state index in [2.05, 4.69) is 13.8 Å². The van der Waals surface area contributed by atoms with E-state index in [1.54, 1.807) is 6.26 Å². The van der Waals surface area contributed by atoms with E-state index in [0.717, 1.165) is 24.7 Å². The summed E-state index contributed by atoms with van der Waals surface area (Å²) in [4.78, 5) is 34.5. The first-order valence-electron chi connectivity index (χ1n) is 8.87. The predicted molar refractivity (Wildman–Crippen MR) is 87.9 cm³/mol. The third-order valence-electron chi connectivity index (χ3n) is 6.24. The lowest BCUT2D eigenvalue weighted by Gasteiger charge is -2.40. The van der Waals surface area contributed by atoms with Crippen LogP contribution in [0.25, 0.3) is 0 Å². The highest BCUT2D eigenvalue weighted by Gasteiger charge is 2.66. The van der Waals surface area contributed by atoms with Crippen LogP contribution in [0, 0.1) is 35.0 Å². The zero-order valence-electron chi connectivity index (χ0n) is 15.2. The minimum atomic E-state index is -0.770. The van der Waals surface area contributed by atoms with Crippen molar-refractivity contribution in [3.8, 4) is 0 Å². The molecule has 2 saturated carbocycles. The molecule has 0 N–H and O–H groups in total. The Morgan fingerprint density at radius 2 is 2.00 bits per heavy atom. The highest BCUT2D eigenvalue weighted by molar-refractivity contribution is 5.66. The number of ether oxygens (including phenoxy) is 3. The first-order valence-corrected chi connectivity index (χ1v) is 8.87. The van der Waals surface area contributed by atoms with Crippen LogP contribution in [0.2, 0.25) is 0 Å². The summed E-state index contributed by atoms with van der Waals surface area (Å²) in [6.45, 7) is 7.33. The van der Waals surface area contributed by atoms with Crippen LogP contribution in [0.3, 0.4) is 0 Å². The minimum absolute atomic E-state index is 0.00940. The van der Waals surface area contributed by atoms with E-state index in [1.807, 2.05) is 0 Å². The Kier molecular flexibility index (Phi) is 4.64. The summed E-state index contributed by atoms with van der Waals surface area (Å²) in [5.74, 6) is -0.372. The standard InChI is InChI=1S/C19H26O6/c1-10(21)23-8-13-9-24-18(25-11(2)22)16-12(7-20)5-6-14-17(15(13)16)19(14,3)4/h7,9,12,14-18H,5-6,8H2,1-4H3/t12?,14-,15-,16-,17-,18+/m0/s1. The lowest BCUT2D eigenvalue weighted by Crippen LogP contribution is -2.43. The van der Waals surface area contributed by atoms with E-state index < -0.39 is 12.3 Å². The van der Waals surface area contributed by atoms with Crippen molar-refractivity contribution in [1.29, 1.82) is 0 Å². The average molecular weight is 350 g/mol. The maximum Gasteiger partial charge on any atom is 0.305 e. The molecule has 25 heavy (non-hydrogen) atoms. The maximum atomic E-state index is 11.8. The van der Waals surface area contributed by atoms with Gasteiger partial charge in [-0.1, -0.05) is 13.8 Å². The molecule has 0 radical (unpaired) electrons. The zero-order valence-corrected chi connectivity index (χ0v) is 15.2. The molecule has 3 aliphatic rings. The Balaban J connectivity index is 1.96. The van der Waals surface area contributed by atoms with Gasteiger partial charge in [0.1, 0.15) is 12.9 Å². The lowest BCUT2D eigenvalue weighted by molar-refractivity contribution is -0.191. The topological polar surface area (TPSA) is 78.9 Å². The fourth-order valence-electron chi connectivity index (χ4n) is 5.04. The van der Waals surface area contributed by atoms with Crippen LogP contribution in [0.1, 0.15) is 40.5 Å². The number of hydrogen-bond donors (Lipinski definition) is 0. The van der Waals surface area contributed by atoms with Gasteiger partial charge in [0.15, 0.2) is 0 Å². The van der Waals surface area contributed by atoms with Gasteiger partial charge in [-0.2, -0.15) is 0 Å². The molecule has 6 nitrogen and oxygen atoms in total. The Labute approximate surface area is 147 Å². The van der Waals surface area contributed by atoms with E-state index >= 15 is 0 Å². The molecule has 0 amide bonds. The van der Waals surface area contributed by atoms with Gasteiger partial charge >= 0.3 is 11.9 Å². The van der Waals surface area contributed by atoms with Gasteiger partial charge in [-0.25, -0.2) is 0 Å². The van der Waals surface area contributed by atoms with Gasteiger partial charge < -0.3 is 19.0 Å². The molecule has 0 aromatic carbocycles. The molecule has 1 heterocycles. The lowest BCUT2D eigenvalue weighted by atomic mass is 9.72. The van der Waals surface area contributed by atoms with Crippen LogP contribution < -0.4 is 0 Å². The molecule has 0 saturated heterocycles. The summed E-state index contributed by atoms with van der Waals surface area (Å²) in [5, 5.41) is 0. The normalized spacial score (nSPS) is 38.0. The number of rotatable bonds is 4. The number of fused-ring (bicyclic) bond motifs is 3. The van der Waals surface area contributed by atoms with E-state index in [-0.39, 0.29) is 35.7 Å². The van der Waals surface area contributed by atoms with Crippen LogP contribution >= 0.6 is 0 Å². The molecule has 6 heteroatoms. The van der Waals surface area contributed by atoms with Gasteiger partial charge in [0.2, 0.25) is 6.29 Å². The number of esters is 2. The Hall–Kier alpha value is -1.85. The molecule has 6 atom stereocenters. The summed E-state index contributed by atoms with van der Waals surface area (Å²) in [6.07, 6.45) is 3.49. The molecule has 1 aliphatic heterocycles. The zero-order chi connectivity index (χ0) is 18.4. The molecule has 3 rings (SSSR count). The average Bonchev–Trinajstić information content (AvgIpc) is 3.13. The summed E-state index contributed by atoms with van der Waals surface area (Å²) >= 11 is 0. The van der Waals surface area contributed by atoms with Gasteiger partial charge in [0, 0.05) is 37.2 Å². The molecule has 2 aliphatic carbocycles. The van der Waals surface area contributed by atoms with Gasteiger partial charge in [-0.05, 0) is 30.1 Å². The second-order valence-electron chi connectivity index (χ2n) is 8.02. The predicted octanol–water partition coefficient (Wildman–Crippen LogP) is 2.47. The molecule has 0 aromatic rings. The molecule has 0 bridgehead atoms. The van der Waals surface area contributed by atoms with Gasteiger partial charge in [0.25, 0.3) is 0 Å². The monoisotopic (exact) mass is 350 g/mol. The van der Waals surface area contributed by atoms with Crippen molar-refractivity contribution in [2.75, 3.05) is 6.61 Å². The largest absolute Gasteiger partial charge is 0.462 e. The number of carbonyl (C=O) groups is 3. The van der Waals surface area contributed by atoms with Crippen LogP contribution in [-0.4, -0.2) is 31.1 Å². The molecular formula is C19H26O6. The first kappa shape index (κ1) is 18.0. The smallest absolute Gasteiger partial charge is 0.305 e. The van der Waals surface area contributed by atoms with Gasteiger partial charge in [-0.3, -0.25) is 9.59 Å². The minimum Gasteiger partial charge on any atom is -0.462 e. The Bertz CT molecular complexity index is 607. The van der Waals surface area contributed by atoms with E-state index in [9.17, 15) is 14.4 Å². The summed E-state index contributed by atoms with van der Waals surface area (Å²) < 4.78 is 16.3. The SMILES string of the molecule is CC(=O)OCC1=CO[C@H](OC(C)=O)[C@H]2C(C=O)CC[C@H]3[C@@H]([C@@H]12)C3(C)C. The molecule has 2 fully saturated rings. The van der Waals surface area contributed by atoms with Crippen molar-refractivity contribution in [2.45, 2.75) is 46.8 Å². The van der Waals surface area contributed by atoms with Crippen LogP contribution in [0.5, 0.6) is 0 Å². The summed E-state index contributed by atoms with van der Waals surface area (Å²) in [7, 11) is 0. The third kappa shape index (κ3) is 3.18. The summed E-state index contributed by atoms with van der Waals surface area (Å²) in [6, 6.07) is 0. The van der Waals surface area contributed by atoms with Crippen molar-refractivity contribution in [2.24, 2.45) is 35.0 Å². The highest BCUT2D eigenvalue weighted by Crippen LogP contribution is 2.69. The van der Waals surface area contributed by atoms with Crippen molar-refractivity contribution in [1.82, 2.24) is 0 Å². The van der Waals surface area contributed by atoms with Gasteiger partial charge in [0.05, 0.1) is 6.26 Å². The highest BCUT2D eigenvalue weighted by atomic mass is 16.7.